The van der Waals surface area contributed by atoms with Gasteiger partial charge in [-0.15, -0.1) is 0 Å². The Hall–Kier alpha value is -2.44. The lowest BCUT2D eigenvalue weighted by molar-refractivity contribution is -0.123. The van der Waals surface area contributed by atoms with Crippen molar-refractivity contribution in [2.75, 3.05) is 0 Å². The van der Waals surface area contributed by atoms with Gasteiger partial charge in [0.2, 0.25) is 0 Å². The van der Waals surface area contributed by atoms with E-state index in [2.05, 4.69) is 0 Å². The predicted octanol–water partition coefficient (Wildman–Crippen LogP) is 7.46. The quantitative estimate of drug-likeness (QED) is 0.327. The summed E-state index contributed by atoms with van der Waals surface area (Å²) in [4.78, 5) is 26.8. The lowest BCUT2D eigenvalue weighted by Crippen LogP contribution is -2.27. The van der Waals surface area contributed by atoms with Crippen molar-refractivity contribution < 1.29 is 14.3 Å². The number of rotatable bonds is 6. The van der Waals surface area contributed by atoms with Crippen LogP contribution in [0.15, 0.2) is 71.6 Å². The molecule has 3 aromatic carbocycles. The molecule has 0 saturated carbocycles. The van der Waals surface area contributed by atoms with Gasteiger partial charge in [-0.2, -0.15) is 0 Å². The normalized spacial score (nSPS) is 15.0. The molecule has 3 aromatic rings. The third-order valence-electron chi connectivity index (χ3n) is 4.71. The van der Waals surface area contributed by atoms with Crippen LogP contribution in [0.1, 0.15) is 16.7 Å². The van der Waals surface area contributed by atoms with Crippen molar-refractivity contribution in [3.05, 3.63) is 103 Å². The SMILES string of the molecule is O=C1S/C(=C\c2cccc(OCc3ccccc3Cl)c2)C(=O)N1Cc1ccc(Cl)c(Cl)c1. The molecule has 0 aromatic heterocycles. The van der Waals surface area contributed by atoms with E-state index >= 15 is 0 Å². The number of carbonyl (C=O) groups is 2. The fraction of sp³-hybridized carbons (Fsp3) is 0.0833. The summed E-state index contributed by atoms with van der Waals surface area (Å²) in [6, 6.07) is 19.8. The van der Waals surface area contributed by atoms with Crippen LogP contribution in [0.2, 0.25) is 15.1 Å². The van der Waals surface area contributed by atoms with Crippen LogP contribution in [0.4, 0.5) is 4.79 Å². The molecule has 0 spiro atoms. The average Bonchev–Trinajstić information content (AvgIpc) is 3.03. The molecule has 0 aliphatic carbocycles. The number of carbonyl (C=O) groups excluding carboxylic acids is 2. The monoisotopic (exact) mass is 503 g/mol. The summed E-state index contributed by atoms with van der Waals surface area (Å²) < 4.78 is 5.84. The summed E-state index contributed by atoms with van der Waals surface area (Å²) in [5.74, 6) is 0.280. The largest absolute Gasteiger partial charge is 0.489 e. The third kappa shape index (κ3) is 5.30. The Kier molecular flexibility index (Phi) is 7.11. The van der Waals surface area contributed by atoms with Crippen LogP contribution in [0.25, 0.3) is 6.08 Å². The van der Waals surface area contributed by atoms with Crippen LogP contribution >= 0.6 is 46.6 Å². The van der Waals surface area contributed by atoms with E-state index < -0.39 is 0 Å². The molecular formula is C24H16Cl3NO3S. The van der Waals surface area contributed by atoms with Crippen molar-refractivity contribution in [2.45, 2.75) is 13.2 Å². The van der Waals surface area contributed by atoms with E-state index in [0.29, 0.717) is 32.3 Å². The summed E-state index contributed by atoms with van der Waals surface area (Å²) >= 11 is 19.1. The number of nitrogens with zero attached hydrogens (tertiary/aromatic N) is 1. The van der Waals surface area contributed by atoms with Gasteiger partial charge in [-0.3, -0.25) is 14.5 Å². The summed E-state index contributed by atoms with van der Waals surface area (Å²) in [6.45, 7) is 0.448. The van der Waals surface area contributed by atoms with Crippen LogP contribution in [-0.2, 0) is 17.9 Å². The van der Waals surface area contributed by atoms with Crippen LogP contribution in [-0.4, -0.2) is 16.0 Å². The maximum Gasteiger partial charge on any atom is 0.293 e. The zero-order valence-electron chi connectivity index (χ0n) is 16.6. The number of ether oxygens (including phenoxy) is 1. The smallest absolute Gasteiger partial charge is 0.293 e. The first-order valence-electron chi connectivity index (χ1n) is 9.56. The standard InChI is InChI=1S/C24H16Cl3NO3S/c25-19-7-2-1-5-17(19)14-31-18-6-3-4-15(10-18)12-22-23(29)28(24(30)32-22)13-16-8-9-20(26)21(27)11-16/h1-12H,13-14H2/b22-12-. The number of hydrogen-bond donors (Lipinski definition) is 0. The van der Waals surface area contributed by atoms with Crippen molar-refractivity contribution in [1.29, 1.82) is 0 Å². The summed E-state index contributed by atoms with van der Waals surface area (Å²) in [6.07, 6.45) is 1.68. The second kappa shape index (κ2) is 10.0. The minimum Gasteiger partial charge on any atom is -0.489 e. The molecule has 1 aliphatic heterocycles. The first-order chi connectivity index (χ1) is 15.4. The summed E-state index contributed by atoms with van der Waals surface area (Å²) in [5.41, 5.74) is 2.35. The molecule has 8 heteroatoms. The molecule has 4 nitrogen and oxygen atoms in total. The maximum absolute atomic E-state index is 12.8. The van der Waals surface area contributed by atoms with E-state index in [0.717, 1.165) is 28.5 Å². The number of thioether (sulfide) groups is 1. The number of amides is 2. The molecule has 162 valence electrons. The summed E-state index contributed by atoms with van der Waals surface area (Å²) in [7, 11) is 0. The van der Waals surface area contributed by atoms with Gasteiger partial charge in [0.05, 0.1) is 21.5 Å². The highest BCUT2D eigenvalue weighted by molar-refractivity contribution is 8.18. The minimum absolute atomic E-state index is 0.125. The first kappa shape index (κ1) is 22.7. The Morgan fingerprint density at radius 1 is 0.875 bits per heavy atom. The Bertz CT molecular complexity index is 1230. The van der Waals surface area contributed by atoms with Crippen LogP contribution in [0.3, 0.4) is 0 Å². The number of hydrogen-bond acceptors (Lipinski definition) is 4. The minimum atomic E-state index is -0.353. The van der Waals surface area contributed by atoms with Gasteiger partial charge in [-0.25, -0.2) is 0 Å². The number of benzene rings is 3. The van der Waals surface area contributed by atoms with Crippen molar-refractivity contribution >= 4 is 63.8 Å². The second-order valence-electron chi connectivity index (χ2n) is 6.97. The zero-order valence-corrected chi connectivity index (χ0v) is 19.6. The predicted molar refractivity (Wildman–Crippen MR) is 130 cm³/mol. The van der Waals surface area contributed by atoms with Gasteiger partial charge in [-0.05, 0) is 59.3 Å². The molecule has 0 N–H and O–H groups in total. The van der Waals surface area contributed by atoms with Gasteiger partial charge in [-0.1, -0.05) is 71.2 Å². The molecule has 1 heterocycles. The highest BCUT2D eigenvalue weighted by Gasteiger charge is 2.35. The molecule has 4 rings (SSSR count). The topological polar surface area (TPSA) is 46.6 Å². The fourth-order valence-electron chi connectivity index (χ4n) is 3.08. The van der Waals surface area contributed by atoms with E-state index in [1.54, 1.807) is 24.3 Å². The zero-order chi connectivity index (χ0) is 22.7. The van der Waals surface area contributed by atoms with E-state index in [1.807, 2.05) is 48.5 Å². The third-order valence-corrected chi connectivity index (χ3v) is 6.72. The average molecular weight is 505 g/mol. The van der Waals surface area contributed by atoms with Crippen molar-refractivity contribution in [3.8, 4) is 5.75 Å². The lowest BCUT2D eigenvalue weighted by Gasteiger charge is -2.13. The number of imide groups is 1. The van der Waals surface area contributed by atoms with Gasteiger partial charge in [0.25, 0.3) is 11.1 Å². The number of halogens is 3. The van der Waals surface area contributed by atoms with Gasteiger partial charge in [0.1, 0.15) is 12.4 Å². The highest BCUT2D eigenvalue weighted by atomic mass is 35.5. The van der Waals surface area contributed by atoms with Gasteiger partial charge >= 0.3 is 0 Å². The molecule has 2 amide bonds. The first-order valence-corrected chi connectivity index (χ1v) is 11.5. The van der Waals surface area contributed by atoms with Gasteiger partial charge in [0.15, 0.2) is 0 Å². The van der Waals surface area contributed by atoms with Crippen molar-refractivity contribution in [1.82, 2.24) is 4.90 Å². The Morgan fingerprint density at radius 3 is 2.47 bits per heavy atom. The molecule has 1 fully saturated rings. The van der Waals surface area contributed by atoms with Gasteiger partial charge in [0, 0.05) is 10.6 Å². The van der Waals surface area contributed by atoms with Crippen molar-refractivity contribution in [3.63, 3.8) is 0 Å². The molecule has 1 saturated heterocycles. The fourth-order valence-corrected chi connectivity index (χ4v) is 4.43. The van der Waals surface area contributed by atoms with Crippen LogP contribution < -0.4 is 4.74 Å². The molecule has 32 heavy (non-hydrogen) atoms. The molecule has 0 unspecified atom stereocenters. The Morgan fingerprint density at radius 2 is 1.69 bits per heavy atom. The van der Waals surface area contributed by atoms with E-state index in [4.69, 9.17) is 39.5 Å². The second-order valence-corrected chi connectivity index (χ2v) is 9.18. The van der Waals surface area contributed by atoms with E-state index in [9.17, 15) is 9.59 Å². The van der Waals surface area contributed by atoms with Crippen molar-refractivity contribution in [2.24, 2.45) is 0 Å². The van der Waals surface area contributed by atoms with Crippen LogP contribution in [0, 0.1) is 0 Å². The van der Waals surface area contributed by atoms with Crippen LogP contribution in [0.5, 0.6) is 5.75 Å². The lowest BCUT2D eigenvalue weighted by atomic mass is 10.2. The Labute approximate surface area is 204 Å². The Balaban J connectivity index is 1.47. The van der Waals surface area contributed by atoms with E-state index in [-0.39, 0.29) is 17.7 Å². The summed E-state index contributed by atoms with van der Waals surface area (Å²) in [5, 5.41) is 1.10. The molecule has 0 atom stereocenters. The van der Waals surface area contributed by atoms with E-state index in [1.165, 1.54) is 4.90 Å². The molecule has 0 radical (unpaired) electrons. The molecule has 1 aliphatic rings. The van der Waals surface area contributed by atoms with Gasteiger partial charge < -0.3 is 4.74 Å². The maximum atomic E-state index is 12.8. The molecule has 0 bridgehead atoms. The highest BCUT2D eigenvalue weighted by Crippen LogP contribution is 2.34. The molecular weight excluding hydrogens is 489 g/mol.